The molecule has 0 saturated carbocycles. The summed E-state index contributed by atoms with van der Waals surface area (Å²) in [6.45, 7) is 8.34. The van der Waals surface area contributed by atoms with Gasteiger partial charge in [-0.15, -0.1) is 0 Å². The lowest BCUT2D eigenvalue weighted by atomic mass is 10.1. The van der Waals surface area contributed by atoms with Crippen molar-refractivity contribution in [3.05, 3.63) is 35.5 Å². The predicted octanol–water partition coefficient (Wildman–Crippen LogP) is 3.29. The number of amides is 1. The fourth-order valence-electron chi connectivity index (χ4n) is 4.36. The van der Waals surface area contributed by atoms with Gasteiger partial charge in [-0.25, -0.2) is 0 Å². The Bertz CT molecular complexity index is 933. The maximum atomic E-state index is 12.4. The van der Waals surface area contributed by atoms with Gasteiger partial charge < -0.3 is 20.7 Å². The Balaban J connectivity index is 1.57. The number of hydrogen-bond donors (Lipinski definition) is 2. The summed E-state index contributed by atoms with van der Waals surface area (Å²) in [4.78, 5) is 25.8. The van der Waals surface area contributed by atoms with Gasteiger partial charge in [0.15, 0.2) is 11.6 Å². The van der Waals surface area contributed by atoms with E-state index in [9.17, 15) is 4.79 Å². The number of nitrogens with one attached hydrogen (secondary N) is 1. The van der Waals surface area contributed by atoms with Gasteiger partial charge in [0.05, 0.1) is 19.2 Å². The molecule has 3 N–H and O–H groups in total. The van der Waals surface area contributed by atoms with Crippen LogP contribution in [0.1, 0.15) is 46.0 Å². The van der Waals surface area contributed by atoms with Crippen molar-refractivity contribution in [1.82, 2.24) is 14.9 Å². The molecule has 1 unspecified atom stereocenters. The van der Waals surface area contributed by atoms with Gasteiger partial charge in [-0.3, -0.25) is 9.69 Å². The molecular formula is C24H34N6O2. The zero-order valence-electron chi connectivity index (χ0n) is 19.1. The first-order valence-corrected chi connectivity index (χ1v) is 11.7. The second-order valence-corrected chi connectivity index (χ2v) is 8.73. The van der Waals surface area contributed by atoms with E-state index in [4.69, 9.17) is 10.5 Å². The molecule has 1 fully saturated rings. The second-order valence-electron chi connectivity index (χ2n) is 8.73. The summed E-state index contributed by atoms with van der Waals surface area (Å²) in [5, 5.41) is 2.83. The highest BCUT2D eigenvalue weighted by Gasteiger charge is 2.31. The molecule has 32 heavy (non-hydrogen) atoms. The van der Waals surface area contributed by atoms with Gasteiger partial charge in [0.2, 0.25) is 5.91 Å². The summed E-state index contributed by atoms with van der Waals surface area (Å²) in [6, 6.07) is 0.192. The number of carbonyl (C=O) groups is 1. The molecule has 0 bridgehead atoms. The van der Waals surface area contributed by atoms with E-state index in [1.165, 1.54) is 31.5 Å². The Morgan fingerprint density at radius 2 is 2.06 bits per heavy atom. The summed E-state index contributed by atoms with van der Waals surface area (Å²) < 4.78 is 5.71. The second kappa shape index (κ2) is 10.2. The number of rotatable bonds is 8. The van der Waals surface area contributed by atoms with Gasteiger partial charge in [0.1, 0.15) is 5.69 Å². The van der Waals surface area contributed by atoms with Crippen molar-refractivity contribution in [2.24, 2.45) is 0 Å². The van der Waals surface area contributed by atoms with Crippen molar-refractivity contribution in [3.63, 3.8) is 0 Å². The lowest BCUT2D eigenvalue weighted by Gasteiger charge is -2.35. The lowest BCUT2D eigenvalue weighted by Crippen LogP contribution is -2.45. The summed E-state index contributed by atoms with van der Waals surface area (Å²) >= 11 is 0. The Labute approximate surface area is 190 Å². The Morgan fingerprint density at radius 1 is 1.25 bits per heavy atom. The smallest absolute Gasteiger partial charge is 0.320 e. The Kier molecular flexibility index (Phi) is 7.09. The van der Waals surface area contributed by atoms with Crippen molar-refractivity contribution in [2.45, 2.75) is 52.0 Å². The number of aromatic nitrogens is 2. The third-order valence-electron chi connectivity index (χ3n) is 6.25. The summed E-state index contributed by atoms with van der Waals surface area (Å²) in [6.07, 6.45) is 14.3. The van der Waals surface area contributed by atoms with Crippen molar-refractivity contribution in [1.29, 1.82) is 0 Å². The molecule has 172 valence electrons. The number of hydrogen-bond acceptors (Lipinski definition) is 7. The van der Waals surface area contributed by atoms with E-state index in [0.717, 1.165) is 31.4 Å². The maximum absolute atomic E-state index is 12.4. The van der Waals surface area contributed by atoms with E-state index in [1.807, 2.05) is 4.90 Å². The monoisotopic (exact) mass is 438 g/mol. The topological polar surface area (TPSA) is 96.6 Å². The number of nitrogens with two attached hydrogens (primary N) is 1. The van der Waals surface area contributed by atoms with Crippen LogP contribution in [0, 0.1) is 0 Å². The number of allylic oxidation sites excluding steroid dienone is 3. The largest absolute Gasteiger partial charge is 0.463 e. The molecule has 8 nitrogen and oxygen atoms in total. The summed E-state index contributed by atoms with van der Waals surface area (Å²) in [5.74, 6) is 0.712. The average molecular weight is 439 g/mol. The van der Waals surface area contributed by atoms with Gasteiger partial charge in [-0.2, -0.15) is 9.97 Å². The van der Waals surface area contributed by atoms with Crippen LogP contribution < -0.4 is 20.7 Å². The number of nitrogen functional groups attached to an aromatic ring is 1. The van der Waals surface area contributed by atoms with Crippen LogP contribution in [-0.4, -0.2) is 59.6 Å². The number of carbonyl (C=O) groups excluding carboxylic acids is 1. The number of nitrogens with zero attached hydrogens (tertiary/aromatic N) is 4. The molecule has 0 radical (unpaired) electrons. The first-order chi connectivity index (χ1) is 15.5. The van der Waals surface area contributed by atoms with Gasteiger partial charge in [0, 0.05) is 6.54 Å². The van der Waals surface area contributed by atoms with Gasteiger partial charge in [-0.05, 0) is 51.3 Å². The van der Waals surface area contributed by atoms with Crippen LogP contribution in [0.2, 0.25) is 0 Å². The minimum absolute atomic E-state index is 0.0590. The molecule has 1 amide bonds. The number of ether oxygens (including phenoxy) is 1. The fraction of sp³-hybridized carbons (Fsp3) is 0.542. The number of fused-ring (bicyclic) bond motifs is 1. The normalized spacial score (nSPS) is 19.7. The molecular weight excluding hydrogens is 404 g/mol. The van der Waals surface area contributed by atoms with Crippen LogP contribution in [0.15, 0.2) is 35.5 Å². The third kappa shape index (κ3) is 5.12. The van der Waals surface area contributed by atoms with Crippen LogP contribution in [0.25, 0.3) is 0 Å². The van der Waals surface area contributed by atoms with Crippen molar-refractivity contribution >= 4 is 23.2 Å². The molecule has 1 saturated heterocycles. The minimum Gasteiger partial charge on any atom is -0.463 e. The molecule has 8 heteroatoms. The van der Waals surface area contributed by atoms with Crippen LogP contribution in [0.3, 0.4) is 0 Å². The highest BCUT2D eigenvalue weighted by Crippen LogP contribution is 2.36. The van der Waals surface area contributed by atoms with E-state index in [2.05, 4.69) is 58.3 Å². The minimum atomic E-state index is -0.122. The van der Waals surface area contributed by atoms with Crippen LogP contribution in [0.4, 0.5) is 17.3 Å². The number of likely N-dealkylation sites (tertiary alicyclic amines) is 1. The van der Waals surface area contributed by atoms with E-state index in [-0.39, 0.29) is 30.3 Å². The van der Waals surface area contributed by atoms with Crippen molar-refractivity contribution in [3.8, 4) is 6.01 Å². The van der Waals surface area contributed by atoms with Gasteiger partial charge in [0.25, 0.3) is 0 Å². The molecule has 1 atom stereocenters. The molecule has 3 heterocycles. The SMILES string of the molecule is CCCCOc1nc(N)c2c(n1)N(C(C)C1=CC=C(CN3CCCC3)CC=C1)CC(=O)N2. The molecule has 2 aliphatic heterocycles. The number of anilines is 3. The third-order valence-corrected chi connectivity index (χ3v) is 6.25. The van der Waals surface area contributed by atoms with Gasteiger partial charge >= 0.3 is 6.01 Å². The van der Waals surface area contributed by atoms with Gasteiger partial charge in [-0.1, -0.05) is 43.2 Å². The van der Waals surface area contributed by atoms with E-state index >= 15 is 0 Å². The van der Waals surface area contributed by atoms with Crippen LogP contribution >= 0.6 is 0 Å². The highest BCUT2D eigenvalue weighted by molar-refractivity contribution is 6.03. The van der Waals surface area contributed by atoms with Crippen molar-refractivity contribution < 1.29 is 9.53 Å². The van der Waals surface area contributed by atoms with Crippen LogP contribution in [-0.2, 0) is 4.79 Å². The highest BCUT2D eigenvalue weighted by atomic mass is 16.5. The first kappa shape index (κ1) is 22.3. The average Bonchev–Trinajstić information content (AvgIpc) is 3.17. The van der Waals surface area contributed by atoms with E-state index in [0.29, 0.717) is 18.1 Å². The number of unbranched alkanes of at least 4 members (excludes halogenated alkanes) is 1. The predicted molar refractivity (Wildman–Crippen MR) is 128 cm³/mol. The molecule has 1 aliphatic carbocycles. The summed E-state index contributed by atoms with van der Waals surface area (Å²) in [5.41, 5.74) is 9.16. The Morgan fingerprint density at radius 3 is 2.84 bits per heavy atom. The van der Waals surface area contributed by atoms with Crippen LogP contribution in [0.5, 0.6) is 6.01 Å². The molecule has 1 aromatic rings. The zero-order valence-corrected chi connectivity index (χ0v) is 19.1. The van der Waals surface area contributed by atoms with E-state index < -0.39 is 0 Å². The zero-order chi connectivity index (χ0) is 22.5. The molecule has 0 spiro atoms. The van der Waals surface area contributed by atoms with E-state index in [1.54, 1.807) is 0 Å². The molecule has 1 aromatic heterocycles. The quantitative estimate of drug-likeness (QED) is 0.601. The van der Waals surface area contributed by atoms with Crippen molar-refractivity contribution in [2.75, 3.05) is 48.7 Å². The standard InChI is InChI=1S/C24H34N6O2/c1-3-4-14-32-24-27-22(25)21-23(28-24)30(16-20(31)26-21)17(2)19-9-7-8-18(10-11-19)15-29-12-5-6-13-29/h7,9-11,17H,3-6,8,12-16H2,1-2H3,(H,26,31)(H2,25,27,28). The molecule has 4 rings (SSSR count). The summed E-state index contributed by atoms with van der Waals surface area (Å²) in [7, 11) is 0. The first-order valence-electron chi connectivity index (χ1n) is 11.7. The molecule has 3 aliphatic rings. The Hall–Kier alpha value is -2.87. The maximum Gasteiger partial charge on any atom is 0.320 e. The molecule has 0 aromatic carbocycles. The fourth-order valence-corrected chi connectivity index (χ4v) is 4.36. The lowest BCUT2D eigenvalue weighted by molar-refractivity contribution is -0.115.